The molecule has 2 nitrogen and oxygen atoms in total. The molecule has 27 heavy (non-hydrogen) atoms. The smallest absolute Gasteiger partial charge is 0.134 e. The first-order valence-electron chi connectivity index (χ1n) is 10.0. The summed E-state index contributed by atoms with van der Waals surface area (Å²) in [6, 6.07) is 9.61. The first kappa shape index (κ1) is 18.1. The minimum absolute atomic E-state index is 0.287. The zero-order valence-corrected chi connectivity index (χ0v) is 17.6. The van der Waals surface area contributed by atoms with Crippen molar-refractivity contribution in [1.29, 1.82) is 0 Å². The van der Waals surface area contributed by atoms with E-state index in [1.165, 1.54) is 38.5 Å². The van der Waals surface area contributed by atoms with Crippen LogP contribution in [-0.2, 0) is 6.54 Å². The Labute approximate surface area is 171 Å². The van der Waals surface area contributed by atoms with Crippen molar-refractivity contribution < 1.29 is 4.42 Å². The van der Waals surface area contributed by atoms with E-state index in [9.17, 15) is 0 Å². The van der Waals surface area contributed by atoms with E-state index in [2.05, 4.69) is 25.2 Å². The summed E-state index contributed by atoms with van der Waals surface area (Å²) in [7, 11) is 0. The highest BCUT2D eigenvalue weighted by Gasteiger charge is 2.59. The Morgan fingerprint density at radius 3 is 2.26 bits per heavy atom. The molecule has 0 radical (unpaired) electrons. The average Bonchev–Trinajstić information content (AvgIpc) is 2.97. The van der Waals surface area contributed by atoms with Gasteiger partial charge in [-0.3, -0.25) is 0 Å². The normalized spacial score (nSPS) is 37.1. The minimum atomic E-state index is 0.287. The number of hydrogen-bond acceptors (Lipinski definition) is 2. The van der Waals surface area contributed by atoms with Gasteiger partial charge in [0.2, 0.25) is 0 Å². The summed E-state index contributed by atoms with van der Waals surface area (Å²) in [5, 5.41) is 5.19. The number of benzene rings is 1. The first-order chi connectivity index (χ1) is 12.7. The molecule has 144 valence electrons. The third kappa shape index (κ3) is 3.34. The number of hydrogen-bond donors (Lipinski definition) is 1. The summed E-state index contributed by atoms with van der Waals surface area (Å²) in [6.45, 7) is 5.81. The predicted molar refractivity (Wildman–Crippen MR) is 111 cm³/mol. The molecule has 2 aromatic rings. The van der Waals surface area contributed by atoms with E-state index in [1.807, 2.05) is 18.2 Å². The van der Waals surface area contributed by atoms with E-state index in [0.717, 1.165) is 29.5 Å². The molecule has 4 aliphatic carbocycles. The number of nitrogens with one attached hydrogen (secondary N) is 1. The second-order valence-corrected chi connectivity index (χ2v) is 11.1. The van der Waals surface area contributed by atoms with Gasteiger partial charge in [0, 0.05) is 21.1 Å². The molecule has 4 heteroatoms. The maximum atomic E-state index is 6.13. The van der Waals surface area contributed by atoms with Crippen molar-refractivity contribution in [2.24, 2.45) is 16.7 Å². The maximum absolute atomic E-state index is 6.13. The van der Waals surface area contributed by atoms with Crippen LogP contribution in [-0.4, -0.2) is 5.54 Å². The molecule has 4 aliphatic rings. The quantitative estimate of drug-likeness (QED) is 0.588. The minimum Gasteiger partial charge on any atom is -0.460 e. The van der Waals surface area contributed by atoms with Gasteiger partial charge in [-0.25, -0.2) is 0 Å². The highest BCUT2D eigenvalue weighted by atomic mass is 35.5. The fourth-order valence-electron chi connectivity index (χ4n) is 7.24. The van der Waals surface area contributed by atoms with Gasteiger partial charge in [0.15, 0.2) is 0 Å². The lowest BCUT2D eigenvalue weighted by atomic mass is 9.43. The van der Waals surface area contributed by atoms with Crippen molar-refractivity contribution in [3.8, 4) is 11.3 Å². The van der Waals surface area contributed by atoms with Crippen LogP contribution in [0, 0.1) is 16.7 Å². The van der Waals surface area contributed by atoms with Crippen molar-refractivity contribution in [3.05, 3.63) is 46.1 Å². The van der Waals surface area contributed by atoms with Crippen LogP contribution in [0.1, 0.15) is 58.1 Å². The summed E-state index contributed by atoms with van der Waals surface area (Å²) >= 11 is 12.3. The molecule has 1 aromatic heterocycles. The van der Waals surface area contributed by atoms with Crippen molar-refractivity contribution in [2.45, 2.75) is 64.5 Å². The zero-order chi connectivity index (χ0) is 18.9. The van der Waals surface area contributed by atoms with Gasteiger partial charge in [0.05, 0.1) is 6.54 Å². The molecular formula is C23H27Cl2NO. The van der Waals surface area contributed by atoms with Crippen LogP contribution < -0.4 is 5.32 Å². The van der Waals surface area contributed by atoms with Gasteiger partial charge in [-0.15, -0.1) is 0 Å². The Hall–Kier alpha value is -0.960. The van der Waals surface area contributed by atoms with Crippen molar-refractivity contribution >= 4 is 23.2 Å². The molecule has 1 aromatic carbocycles. The third-order valence-electron chi connectivity index (χ3n) is 7.07. The largest absolute Gasteiger partial charge is 0.460 e. The number of halogens is 2. The topological polar surface area (TPSA) is 25.2 Å². The fraction of sp³-hybridized carbons (Fsp3) is 0.565. The molecule has 1 heterocycles. The van der Waals surface area contributed by atoms with Crippen molar-refractivity contribution in [2.75, 3.05) is 0 Å². The predicted octanol–water partition coefficient (Wildman–Crippen LogP) is 7.09. The van der Waals surface area contributed by atoms with E-state index >= 15 is 0 Å². The Balaban J connectivity index is 1.33. The summed E-state index contributed by atoms with van der Waals surface area (Å²) < 4.78 is 6.11. The van der Waals surface area contributed by atoms with E-state index in [-0.39, 0.29) is 5.54 Å². The van der Waals surface area contributed by atoms with E-state index in [4.69, 9.17) is 27.6 Å². The Morgan fingerprint density at radius 2 is 1.63 bits per heavy atom. The molecular weight excluding hydrogens is 377 g/mol. The van der Waals surface area contributed by atoms with Gasteiger partial charge in [0.1, 0.15) is 11.5 Å². The second-order valence-electron chi connectivity index (χ2n) is 10.2. The lowest BCUT2D eigenvalue weighted by Crippen LogP contribution is -2.63. The van der Waals surface area contributed by atoms with E-state index < -0.39 is 0 Å². The molecule has 6 rings (SSSR count). The summed E-state index contributed by atoms with van der Waals surface area (Å²) in [6.07, 6.45) is 8.20. The fourth-order valence-corrected chi connectivity index (χ4v) is 7.77. The van der Waals surface area contributed by atoms with Crippen LogP contribution in [0.5, 0.6) is 0 Å². The van der Waals surface area contributed by atoms with Gasteiger partial charge < -0.3 is 9.73 Å². The second kappa shape index (κ2) is 6.02. The van der Waals surface area contributed by atoms with Crippen molar-refractivity contribution in [1.82, 2.24) is 5.32 Å². The lowest BCUT2D eigenvalue weighted by molar-refractivity contribution is -0.118. The van der Waals surface area contributed by atoms with E-state index in [0.29, 0.717) is 20.9 Å². The van der Waals surface area contributed by atoms with Crippen molar-refractivity contribution in [3.63, 3.8) is 0 Å². The number of rotatable bonds is 4. The summed E-state index contributed by atoms with van der Waals surface area (Å²) in [5.41, 5.74) is 2.25. The molecule has 4 bridgehead atoms. The monoisotopic (exact) mass is 403 g/mol. The standard InChI is InChI=1S/C23H27Cl2NO/c1-21-8-15-9-22(2,12-21)14-23(10-15,13-21)26-11-19-3-4-20(27-19)16-5-17(24)7-18(25)6-16/h3-7,15,26H,8-14H2,1-2H3/t15?,21-,22+,23?. The van der Waals surface area contributed by atoms with Crippen LogP contribution >= 0.6 is 23.2 Å². The Bertz CT molecular complexity index is 850. The Kier molecular flexibility index (Phi) is 4.03. The third-order valence-corrected chi connectivity index (χ3v) is 7.51. The van der Waals surface area contributed by atoms with Gasteiger partial charge in [-0.2, -0.15) is 0 Å². The number of furan rings is 1. The summed E-state index contributed by atoms with van der Waals surface area (Å²) in [5.74, 6) is 2.69. The van der Waals surface area contributed by atoms with Gasteiger partial charge >= 0.3 is 0 Å². The molecule has 0 saturated heterocycles. The zero-order valence-electron chi connectivity index (χ0n) is 16.1. The molecule has 4 saturated carbocycles. The SMILES string of the molecule is C[C@]12CC3CC(NCc4ccc(-c5cc(Cl)cc(Cl)c5)o4)(C1)C[C@@](C)(C3)C2. The van der Waals surface area contributed by atoms with Crippen LogP contribution in [0.25, 0.3) is 11.3 Å². The highest BCUT2D eigenvalue weighted by Crippen LogP contribution is 2.66. The van der Waals surface area contributed by atoms with Gasteiger partial charge in [0.25, 0.3) is 0 Å². The van der Waals surface area contributed by atoms with Crippen LogP contribution in [0.15, 0.2) is 34.7 Å². The molecule has 2 unspecified atom stereocenters. The lowest BCUT2D eigenvalue weighted by Gasteiger charge is -2.65. The molecule has 0 amide bonds. The Morgan fingerprint density at radius 1 is 0.963 bits per heavy atom. The van der Waals surface area contributed by atoms with Gasteiger partial charge in [-0.1, -0.05) is 37.0 Å². The highest BCUT2D eigenvalue weighted by molar-refractivity contribution is 6.35. The molecule has 0 aliphatic heterocycles. The molecule has 0 spiro atoms. The van der Waals surface area contributed by atoms with Crippen LogP contribution in [0.4, 0.5) is 0 Å². The molecule has 4 atom stereocenters. The van der Waals surface area contributed by atoms with Crippen LogP contribution in [0.3, 0.4) is 0 Å². The first-order valence-corrected chi connectivity index (χ1v) is 10.8. The average molecular weight is 404 g/mol. The van der Waals surface area contributed by atoms with Crippen LogP contribution in [0.2, 0.25) is 10.0 Å². The van der Waals surface area contributed by atoms with Gasteiger partial charge in [-0.05, 0) is 85.6 Å². The summed E-state index contributed by atoms with van der Waals surface area (Å²) in [4.78, 5) is 0. The molecule has 1 N–H and O–H groups in total. The van der Waals surface area contributed by atoms with E-state index in [1.54, 1.807) is 6.07 Å². The molecule has 4 fully saturated rings. The maximum Gasteiger partial charge on any atom is 0.134 e.